The van der Waals surface area contributed by atoms with Crippen LogP contribution in [0.3, 0.4) is 0 Å². The largest absolute Gasteiger partial charge is 0.323 e. The van der Waals surface area contributed by atoms with Gasteiger partial charge in [0.05, 0.1) is 5.69 Å². The number of halogens is 1. The minimum absolute atomic E-state index is 0.118. The summed E-state index contributed by atoms with van der Waals surface area (Å²) in [4.78, 5) is 11.9. The number of carbonyl (C=O) groups is 1. The monoisotopic (exact) mass is 282 g/mol. The lowest BCUT2D eigenvalue weighted by molar-refractivity contribution is -0.118. The first-order chi connectivity index (χ1) is 9.13. The van der Waals surface area contributed by atoms with E-state index >= 15 is 0 Å². The van der Waals surface area contributed by atoms with Gasteiger partial charge in [-0.3, -0.25) is 4.79 Å². The number of hydrogen-bond acceptors (Lipinski definition) is 3. The molecule has 19 heavy (non-hydrogen) atoms. The van der Waals surface area contributed by atoms with E-state index in [0.29, 0.717) is 18.7 Å². The predicted molar refractivity (Wildman–Crippen MR) is 78.0 cm³/mol. The second kappa shape index (κ2) is 6.39. The Bertz CT molecular complexity index is 479. The van der Waals surface area contributed by atoms with Gasteiger partial charge in [0.15, 0.2) is 0 Å². The molecule has 2 N–H and O–H groups in total. The molecule has 0 bridgehead atoms. The molecule has 0 fully saturated rings. The first-order valence-electron chi connectivity index (χ1n) is 6.44. The number of thioether (sulfide) groups is 1. The lowest BCUT2D eigenvalue weighted by Gasteiger charge is -2.20. The zero-order chi connectivity index (χ0) is 13.8. The Labute approximate surface area is 117 Å². The molecular weight excluding hydrogens is 263 g/mol. The Balaban J connectivity index is 2.15. The Kier molecular flexibility index (Phi) is 4.82. The topological polar surface area (TPSA) is 41.1 Å². The molecule has 1 amide bonds. The van der Waals surface area contributed by atoms with E-state index in [-0.39, 0.29) is 17.6 Å². The van der Waals surface area contributed by atoms with Gasteiger partial charge in [0, 0.05) is 18.2 Å². The van der Waals surface area contributed by atoms with Crippen LogP contribution in [0.2, 0.25) is 0 Å². The standard InChI is InChI=1S/C14H19FN2OS/c1-9(8-19-2)14(18)17-12-4-3-10-7-16-6-5-11(10)13(12)15/h3-4,9,16H,5-8H2,1-2H3,(H,17,18). The van der Waals surface area contributed by atoms with Crippen LogP contribution in [0.15, 0.2) is 12.1 Å². The molecule has 1 aromatic rings. The highest BCUT2D eigenvalue weighted by atomic mass is 32.2. The van der Waals surface area contributed by atoms with Gasteiger partial charge < -0.3 is 10.6 Å². The summed E-state index contributed by atoms with van der Waals surface area (Å²) in [6.45, 7) is 3.33. The summed E-state index contributed by atoms with van der Waals surface area (Å²) in [5.41, 5.74) is 2.02. The fourth-order valence-corrected chi connectivity index (χ4v) is 2.86. The van der Waals surface area contributed by atoms with Crippen molar-refractivity contribution in [1.82, 2.24) is 5.32 Å². The highest BCUT2D eigenvalue weighted by Crippen LogP contribution is 2.25. The molecule has 1 heterocycles. The molecule has 1 aliphatic heterocycles. The fourth-order valence-electron chi connectivity index (χ4n) is 2.21. The summed E-state index contributed by atoms with van der Waals surface area (Å²) >= 11 is 1.61. The van der Waals surface area contributed by atoms with Gasteiger partial charge in [-0.05, 0) is 36.4 Å². The highest BCUT2D eigenvalue weighted by Gasteiger charge is 2.19. The van der Waals surface area contributed by atoms with E-state index in [1.54, 1.807) is 17.8 Å². The average molecular weight is 282 g/mol. The lowest BCUT2D eigenvalue weighted by Crippen LogP contribution is -2.26. The van der Waals surface area contributed by atoms with Crippen LogP contribution in [0, 0.1) is 11.7 Å². The average Bonchev–Trinajstić information content (AvgIpc) is 2.42. The molecule has 2 rings (SSSR count). The van der Waals surface area contributed by atoms with E-state index in [9.17, 15) is 9.18 Å². The predicted octanol–water partition coefficient (Wildman–Crippen LogP) is 2.41. The first-order valence-corrected chi connectivity index (χ1v) is 7.83. The maximum atomic E-state index is 14.3. The third-order valence-corrected chi connectivity index (χ3v) is 4.16. The molecule has 3 nitrogen and oxygen atoms in total. The van der Waals surface area contributed by atoms with Gasteiger partial charge >= 0.3 is 0 Å². The summed E-state index contributed by atoms with van der Waals surface area (Å²) < 4.78 is 14.3. The number of fused-ring (bicyclic) bond motifs is 1. The van der Waals surface area contributed by atoms with Crippen molar-refractivity contribution in [3.63, 3.8) is 0 Å². The van der Waals surface area contributed by atoms with Crippen LogP contribution in [0.25, 0.3) is 0 Å². The van der Waals surface area contributed by atoms with E-state index < -0.39 is 0 Å². The minimum Gasteiger partial charge on any atom is -0.323 e. The van der Waals surface area contributed by atoms with Crippen molar-refractivity contribution >= 4 is 23.4 Å². The SMILES string of the molecule is CSCC(C)C(=O)Nc1ccc2c(c1F)CCNC2. The Hall–Kier alpha value is -1.07. The summed E-state index contributed by atoms with van der Waals surface area (Å²) in [6.07, 6.45) is 2.63. The number of amides is 1. The number of rotatable bonds is 4. The van der Waals surface area contributed by atoms with E-state index in [2.05, 4.69) is 10.6 Å². The molecule has 0 radical (unpaired) electrons. The molecule has 0 saturated heterocycles. The van der Waals surface area contributed by atoms with E-state index in [1.807, 2.05) is 19.2 Å². The highest BCUT2D eigenvalue weighted by molar-refractivity contribution is 7.98. The second-order valence-electron chi connectivity index (χ2n) is 4.84. The van der Waals surface area contributed by atoms with Crippen molar-refractivity contribution in [2.75, 3.05) is 23.9 Å². The molecule has 1 unspecified atom stereocenters. The van der Waals surface area contributed by atoms with Crippen molar-refractivity contribution in [3.05, 3.63) is 29.1 Å². The molecule has 104 valence electrons. The van der Waals surface area contributed by atoms with Crippen LogP contribution in [0.4, 0.5) is 10.1 Å². The van der Waals surface area contributed by atoms with Gasteiger partial charge in [-0.25, -0.2) is 4.39 Å². The zero-order valence-corrected chi connectivity index (χ0v) is 12.1. The van der Waals surface area contributed by atoms with Crippen LogP contribution >= 0.6 is 11.8 Å². The normalized spacial score (nSPS) is 15.7. The number of benzene rings is 1. The van der Waals surface area contributed by atoms with Crippen LogP contribution in [-0.2, 0) is 17.8 Å². The van der Waals surface area contributed by atoms with E-state index in [4.69, 9.17) is 0 Å². The van der Waals surface area contributed by atoms with Gasteiger partial charge in [0.1, 0.15) is 5.82 Å². The Morgan fingerprint density at radius 1 is 1.58 bits per heavy atom. The van der Waals surface area contributed by atoms with E-state index in [0.717, 1.165) is 23.4 Å². The van der Waals surface area contributed by atoms with Crippen molar-refractivity contribution < 1.29 is 9.18 Å². The smallest absolute Gasteiger partial charge is 0.228 e. The van der Waals surface area contributed by atoms with Gasteiger partial charge in [0.25, 0.3) is 0 Å². The van der Waals surface area contributed by atoms with Crippen LogP contribution in [0.5, 0.6) is 0 Å². The molecular formula is C14H19FN2OS. The van der Waals surface area contributed by atoms with Crippen molar-refractivity contribution in [2.24, 2.45) is 5.92 Å². The van der Waals surface area contributed by atoms with E-state index in [1.165, 1.54) is 0 Å². The maximum Gasteiger partial charge on any atom is 0.228 e. The summed E-state index contributed by atoms with van der Waals surface area (Å²) in [6, 6.07) is 3.55. The maximum absolute atomic E-state index is 14.3. The lowest BCUT2D eigenvalue weighted by atomic mass is 9.99. The molecule has 0 spiro atoms. The molecule has 0 saturated carbocycles. The van der Waals surface area contributed by atoms with Gasteiger partial charge in [0.2, 0.25) is 5.91 Å². The number of anilines is 1. The first kappa shape index (κ1) is 14.3. The van der Waals surface area contributed by atoms with Crippen molar-refractivity contribution in [2.45, 2.75) is 19.9 Å². The Morgan fingerprint density at radius 3 is 3.11 bits per heavy atom. The van der Waals surface area contributed by atoms with Crippen molar-refractivity contribution in [1.29, 1.82) is 0 Å². The van der Waals surface area contributed by atoms with Crippen LogP contribution in [-0.4, -0.2) is 24.5 Å². The fraction of sp³-hybridized carbons (Fsp3) is 0.500. The third kappa shape index (κ3) is 3.28. The molecule has 1 aromatic carbocycles. The molecule has 0 aliphatic carbocycles. The quantitative estimate of drug-likeness (QED) is 0.891. The summed E-state index contributed by atoms with van der Waals surface area (Å²) in [5.74, 6) is 0.223. The summed E-state index contributed by atoms with van der Waals surface area (Å²) in [7, 11) is 0. The zero-order valence-electron chi connectivity index (χ0n) is 11.3. The molecule has 0 aromatic heterocycles. The molecule has 1 atom stereocenters. The number of carbonyl (C=O) groups excluding carboxylic acids is 1. The second-order valence-corrected chi connectivity index (χ2v) is 5.75. The van der Waals surface area contributed by atoms with Gasteiger partial charge in [-0.1, -0.05) is 13.0 Å². The van der Waals surface area contributed by atoms with Crippen LogP contribution in [0.1, 0.15) is 18.1 Å². The molecule has 1 aliphatic rings. The van der Waals surface area contributed by atoms with Crippen molar-refractivity contribution in [3.8, 4) is 0 Å². The number of hydrogen-bond donors (Lipinski definition) is 2. The van der Waals surface area contributed by atoms with Gasteiger partial charge in [-0.2, -0.15) is 11.8 Å². The summed E-state index contributed by atoms with van der Waals surface area (Å²) in [5, 5.41) is 5.90. The Morgan fingerprint density at radius 2 is 2.37 bits per heavy atom. The van der Waals surface area contributed by atoms with Crippen LogP contribution < -0.4 is 10.6 Å². The van der Waals surface area contributed by atoms with Gasteiger partial charge in [-0.15, -0.1) is 0 Å². The third-order valence-electron chi connectivity index (χ3n) is 3.33. The minimum atomic E-state index is -0.274. The number of nitrogens with one attached hydrogen (secondary N) is 2. The molecule has 5 heteroatoms.